The van der Waals surface area contributed by atoms with Gasteiger partial charge in [0.05, 0.1) is 12.1 Å². The van der Waals surface area contributed by atoms with E-state index in [9.17, 15) is 4.79 Å². The Hall–Kier alpha value is -1.52. The van der Waals surface area contributed by atoms with E-state index in [1.807, 2.05) is 35.7 Å². The van der Waals surface area contributed by atoms with Crippen molar-refractivity contribution >= 4 is 17.1 Å². The third-order valence-electron chi connectivity index (χ3n) is 3.55. The Bertz CT molecular complexity index is 590. The van der Waals surface area contributed by atoms with E-state index in [0.717, 1.165) is 16.3 Å². The highest BCUT2D eigenvalue weighted by Gasteiger charge is 2.34. The SMILES string of the molecule is COC(c1nc(CC(=O)c2ccccc2)cs1)C1CC1. The van der Waals surface area contributed by atoms with E-state index in [1.165, 1.54) is 12.8 Å². The van der Waals surface area contributed by atoms with Crippen molar-refractivity contribution in [3.8, 4) is 0 Å². The lowest BCUT2D eigenvalue weighted by atomic mass is 10.1. The van der Waals surface area contributed by atoms with Crippen LogP contribution in [-0.4, -0.2) is 17.9 Å². The molecule has 4 heteroatoms. The van der Waals surface area contributed by atoms with Crippen LogP contribution >= 0.6 is 11.3 Å². The van der Waals surface area contributed by atoms with Crippen molar-refractivity contribution in [2.45, 2.75) is 25.4 Å². The minimum absolute atomic E-state index is 0.112. The maximum Gasteiger partial charge on any atom is 0.168 e. The number of thiazole rings is 1. The number of methoxy groups -OCH3 is 1. The van der Waals surface area contributed by atoms with Crippen LogP contribution in [-0.2, 0) is 11.2 Å². The summed E-state index contributed by atoms with van der Waals surface area (Å²) >= 11 is 1.60. The fraction of sp³-hybridized carbons (Fsp3) is 0.375. The van der Waals surface area contributed by atoms with Crippen LogP contribution in [0.15, 0.2) is 35.7 Å². The fourth-order valence-electron chi connectivity index (χ4n) is 2.32. The zero-order chi connectivity index (χ0) is 13.9. The first-order chi connectivity index (χ1) is 9.78. The molecular weight excluding hydrogens is 270 g/mol. The zero-order valence-electron chi connectivity index (χ0n) is 11.4. The van der Waals surface area contributed by atoms with Crippen molar-refractivity contribution in [2.24, 2.45) is 5.92 Å². The summed E-state index contributed by atoms with van der Waals surface area (Å²) < 4.78 is 5.53. The molecule has 1 aliphatic rings. The van der Waals surface area contributed by atoms with Crippen LogP contribution in [0.3, 0.4) is 0 Å². The van der Waals surface area contributed by atoms with Gasteiger partial charge in [-0.3, -0.25) is 4.79 Å². The molecule has 1 aliphatic carbocycles. The molecule has 1 unspecified atom stereocenters. The van der Waals surface area contributed by atoms with Crippen molar-refractivity contribution in [3.63, 3.8) is 0 Å². The van der Waals surface area contributed by atoms with Crippen molar-refractivity contribution in [1.82, 2.24) is 4.98 Å². The van der Waals surface area contributed by atoms with Gasteiger partial charge in [0.15, 0.2) is 5.78 Å². The molecule has 1 aromatic carbocycles. The van der Waals surface area contributed by atoms with E-state index < -0.39 is 0 Å². The summed E-state index contributed by atoms with van der Waals surface area (Å²) in [5, 5.41) is 2.98. The number of ether oxygens (including phenoxy) is 1. The van der Waals surface area contributed by atoms with Crippen LogP contribution in [0.4, 0.5) is 0 Å². The first-order valence-corrected chi connectivity index (χ1v) is 7.71. The minimum atomic E-state index is 0.112. The smallest absolute Gasteiger partial charge is 0.168 e. The third-order valence-corrected chi connectivity index (χ3v) is 4.51. The molecule has 1 fully saturated rings. The van der Waals surface area contributed by atoms with Gasteiger partial charge in [0.1, 0.15) is 11.1 Å². The molecule has 0 N–H and O–H groups in total. The molecule has 0 saturated heterocycles. The molecule has 3 rings (SSSR count). The van der Waals surface area contributed by atoms with Crippen LogP contribution < -0.4 is 0 Å². The normalized spacial score (nSPS) is 16.1. The Morgan fingerprint density at radius 2 is 2.15 bits per heavy atom. The molecule has 2 aromatic rings. The topological polar surface area (TPSA) is 39.2 Å². The van der Waals surface area contributed by atoms with Crippen LogP contribution in [0.5, 0.6) is 0 Å². The van der Waals surface area contributed by atoms with Gasteiger partial charge in [-0.15, -0.1) is 11.3 Å². The van der Waals surface area contributed by atoms with Gasteiger partial charge >= 0.3 is 0 Å². The molecule has 104 valence electrons. The highest BCUT2D eigenvalue weighted by Crippen LogP contribution is 2.43. The number of benzene rings is 1. The summed E-state index contributed by atoms with van der Waals surface area (Å²) in [6.45, 7) is 0. The number of nitrogens with zero attached hydrogens (tertiary/aromatic N) is 1. The second-order valence-electron chi connectivity index (χ2n) is 5.14. The zero-order valence-corrected chi connectivity index (χ0v) is 12.2. The highest BCUT2D eigenvalue weighted by atomic mass is 32.1. The molecule has 0 amide bonds. The van der Waals surface area contributed by atoms with Crippen LogP contribution in [0, 0.1) is 5.92 Å². The summed E-state index contributed by atoms with van der Waals surface area (Å²) in [5.74, 6) is 0.728. The second kappa shape index (κ2) is 5.85. The molecule has 1 heterocycles. The van der Waals surface area contributed by atoms with Gasteiger partial charge in [0.2, 0.25) is 0 Å². The highest BCUT2D eigenvalue weighted by molar-refractivity contribution is 7.09. The predicted molar refractivity (Wildman–Crippen MR) is 79.1 cm³/mol. The fourth-order valence-corrected chi connectivity index (χ4v) is 3.30. The van der Waals surface area contributed by atoms with Crippen molar-refractivity contribution < 1.29 is 9.53 Å². The van der Waals surface area contributed by atoms with Gasteiger partial charge in [-0.25, -0.2) is 4.98 Å². The number of hydrogen-bond acceptors (Lipinski definition) is 4. The van der Waals surface area contributed by atoms with E-state index in [-0.39, 0.29) is 11.9 Å². The predicted octanol–water partition coefficient (Wildman–Crippen LogP) is 3.67. The first kappa shape index (κ1) is 13.5. The summed E-state index contributed by atoms with van der Waals surface area (Å²) in [7, 11) is 1.74. The van der Waals surface area contributed by atoms with E-state index in [4.69, 9.17) is 4.74 Å². The first-order valence-electron chi connectivity index (χ1n) is 6.83. The van der Waals surface area contributed by atoms with Gasteiger partial charge in [-0.1, -0.05) is 30.3 Å². The minimum Gasteiger partial charge on any atom is -0.374 e. The van der Waals surface area contributed by atoms with Crippen LogP contribution in [0.1, 0.15) is 40.0 Å². The van der Waals surface area contributed by atoms with E-state index in [2.05, 4.69) is 4.98 Å². The standard InChI is InChI=1S/C16H17NO2S/c1-19-15(12-7-8-12)16-17-13(10-20-16)9-14(18)11-5-3-2-4-6-11/h2-6,10,12,15H,7-9H2,1H3. The van der Waals surface area contributed by atoms with Gasteiger partial charge < -0.3 is 4.74 Å². The Kier molecular flexibility index (Phi) is 3.94. The van der Waals surface area contributed by atoms with Gasteiger partial charge in [-0.05, 0) is 18.8 Å². The Labute approximate surface area is 122 Å². The molecule has 0 aliphatic heterocycles. The average Bonchev–Trinajstić information content (AvgIpc) is 3.21. The summed E-state index contributed by atoms with van der Waals surface area (Å²) in [6, 6.07) is 9.37. The Balaban J connectivity index is 1.69. The Morgan fingerprint density at radius 1 is 1.40 bits per heavy atom. The molecule has 1 saturated carbocycles. The van der Waals surface area contributed by atoms with Gasteiger partial charge in [0.25, 0.3) is 0 Å². The van der Waals surface area contributed by atoms with E-state index in [1.54, 1.807) is 18.4 Å². The lowest BCUT2D eigenvalue weighted by molar-refractivity contribution is 0.0841. The van der Waals surface area contributed by atoms with Gasteiger partial charge in [0, 0.05) is 18.1 Å². The largest absolute Gasteiger partial charge is 0.374 e. The number of carbonyl (C=O) groups excluding carboxylic acids is 1. The molecule has 1 atom stereocenters. The second-order valence-corrected chi connectivity index (χ2v) is 6.03. The average molecular weight is 287 g/mol. The van der Waals surface area contributed by atoms with Crippen molar-refractivity contribution in [1.29, 1.82) is 0 Å². The number of carbonyl (C=O) groups is 1. The van der Waals surface area contributed by atoms with E-state index in [0.29, 0.717) is 12.3 Å². The lowest BCUT2D eigenvalue weighted by Gasteiger charge is -2.10. The third kappa shape index (κ3) is 2.97. The number of ketones is 1. The maximum absolute atomic E-state index is 12.1. The molecular formula is C16H17NO2S. The monoisotopic (exact) mass is 287 g/mol. The molecule has 0 bridgehead atoms. The Morgan fingerprint density at radius 3 is 2.80 bits per heavy atom. The molecule has 0 radical (unpaired) electrons. The molecule has 0 spiro atoms. The van der Waals surface area contributed by atoms with E-state index >= 15 is 0 Å². The molecule has 3 nitrogen and oxygen atoms in total. The summed E-state index contributed by atoms with van der Waals surface area (Å²) in [5.41, 5.74) is 1.59. The summed E-state index contributed by atoms with van der Waals surface area (Å²) in [4.78, 5) is 16.7. The number of rotatable bonds is 6. The van der Waals surface area contributed by atoms with Crippen molar-refractivity contribution in [2.75, 3.05) is 7.11 Å². The lowest BCUT2D eigenvalue weighted by Crippen LogP contribution is -2.06. The van der Waals surface area contributed by atoms with Crippen LogP contribution in [0.2, 0.25) is 0 Å². The number of Topliss-reactive ketones (excluding diaryl/α,β-unsaturated/α-hetero) is 1. The number of hydrogen-bond donors (Lipinski definition) is 0. The maximum atomic E-state index is 12.1. The number of aromatic nitrogens is 1. The van der Waals surface area contributed by atoms with Crippen LogP contribution in [0.25, 0.3) is 0 Å². The quantitative estimate of drug-likeness (QED) is 0.761. The van der Waals surface area contributed by atoms with Gasteiger partial charge in [-0.2, -0.15) is 0 Å². The molecule has 20 heavy (non-hydrogen) atoms. The molecule has 1 aromatic heterocycles. The van der Waals surface area contributed by atoms with Crippen molar-refractivity contribution in [3.05, 3.63) is 52.0 Å². The summed E-state index contributed by atoms with van der Waals surface area (Å²) in [6.07, 6.45) is 2.91.